The van der Waals surface area contributed by atoms with Crippen molar-refractivity contribution in [1.82, 2.24) is 4.98 Å². The van der Waals surface area contributed by atoms with Gasteiger partial charge in [-0.3, -0.25) is 10.3 Å². The van der Waals surface area contributed by atoms with Crippen molar-refractivity contribution in [1.29, 1.82) is 0 Å². The van der Waals surface area contributed by atoms with Crippen LogP contribution in [0.1, 0.15) is 12.0 Å². The van der Waals surface area contributed by atoms with E-state index in [1.807, 2.05) is 0 Å². The maximum atomic E-state index is 11.8. The van der Waals surface area contributed by atoms with Crippen LogP contribution in [0, 0.1) is 0 Å². The van der Waals surface area contributed by atoms with E-state index >= 15 is 0 Å². The van der Waals surface area contributed by atoms with Crippen LogP contribution in [-0.2, 0) is 11.3 Å². The van der Waals surface area contributed by atoms with Gasteiger partial charge in [0.05, 0.1) is 44.0 Å². The summed E-state index contributed by atoms with van der Waals surface area (Å²) in [7, 11) is 2.97. The molecule has 0 atom stereocenters. The van der Waals surface area contributed by atoms with Crippen molar-refractivity contribution in [2.75, 3.05) is 32.8 Å². The Morgan fingerprint density at radius 2 is 1.59 bits per heavy atom. The standard InChI is InChI=1S/C21H20N2O9/c1-27-15-6-11-10-31-20(25)22-13(11)8-17(15)29-4-3-5-30-18-9-14-12(7-16(18)28-2)19(24)32-21(26)23-14/h6-9H,3-5,10H2,1-2H3,(H,22,25)(H,23,26). The molecule has 2 N–H and O–H groups in total. The first kappa shape index (κ1) is 21.1. The lowest BCUT2D eigenvalue weighted by atomic mass is 10.1. The van der Waals surface area contributed by atoms with Crippen LogP contribution < -0.4 is 35.6 Å². The number of hydrogen-bond donors (Lipinski definition) is 2. The van der Waals surface area contributed by atoms with Gasteiger partial charge in [0.1, 0.15) is 6.61 Å². The Morgan fingerprint density at radius 1 is 0.906 bits per heavy atom. The summed E-state index contributed by atoms with van der Waals surface area (Å²) in [6.07, 6.45) is -0.0184. The highest BCUT2D eigenvalue weighted by atomic mass is 16.6. The predicted molar refractivity (Wildman–Crippen MR) is 112 cm³/mol. The molecule has 1 aromatic heterocycles. The number of carbonyl (C=O) groups excluding carboxylic acids is 1. The molecule has 0 aliphatic carbocycles. The lowest BCUT2D eigenvalue weighted by molar-refractivity contribution is 0.151. The van der Waals surface area contributed by atoms with E-state index in [-0.39, 0.29) is 24.1 Å². The smallest absolute Gasteiger partial charge is 0.419 e. The van der Waals surface area contributed by atoms with Crippen LogP contribution in [0.5, 0.6) is 23.0 Å². The zero-order valence-corrected chi connectivity index (χ0v) is 17.3. The second-order valence-corrected chi connectivity index (χ2v) is 6.76. The number of rotatable bonds is 8. The number of nitrogens with one attached hydrogen (secondary N) is 2. The van der Waals surface area contributed by atoms with Crippen LogP contribution in [-0.4, -0.2) is 38.5 Å². The molecule has 1 aliphatic heterocycles. The Kier molecular flexibility index (Phi) is 5.88. The van der Waals surface area contributed by atoms with Gasteiger partial charge in [-0.2, -0.15) is 0 Å². The van der Waals surface area contributed by atoms with Crippen LogP contribution in [0.4, 0.5) is 10.5 Å². The average molecular weight is 444 g/mol. The fourth-order valence-electron chi connectivity index (χ4n) is 3.20. The van der Waals surface area contributed by atoms with Crippen molar-refractivity contribution >= 4 is 22.7 Å². The maximum Gasteiger partial charge on any atom is 0.419 e. The van der Waals surface area contributed by atoms with Gasteiger partial charge in [-0.25, -0.2) is 14.4 Å². The Bertz CT molecular complexity index is 1280. The Morgan fingerprint density at radius 3 is 2.31 bits per heavy atom. The topological polar surface area (TPSA) is 138 Å². The number of carbonyl (C=O) groups is 1. The normalized spacial score (nSPS) is 12.5. The quantitative estimate of drug-likeness (QED) is 0.502. The summed E-state index contributed by atoms with van der Waals surface area (Å²) in [5, 5.41) is 2.80. The largest absolute Gasteiger partial charge is 0.493 e. The molecule has 0 bridgehead atoms. The number of hydrogen-bond acceptors (Lipinski definition) is 9. The van der Waals surface area contributed by atoms with Crippen LogP contribution in [0.2, 0.25) is 0 Å². The van der Waals surface area contributed by atoms with Gasteiger partial charge in [0, 0.05) is 30.2 Å². The Hall–Kier alpha value is -4.15. The maximum absolute atomic E-state index is 11.8. The summed E-state index contributed by atoms with van der Waals surface area (Å²) in [6.45, 7) is 0.730. The van der Waals surface area contributed by atoms with E-state index in [1.54, 1.807) is 12.1 Å². The van der Waals surface area contributed by atoms with E-state index in [4.69, 9.17) is 23.7 Å². The van der Waals surface area contributed by atoms with Crippen molar-refractivity contribution in [3.8, 4) is 23.0 Å². The summed E-state index contributed by atoms with van der Waals surface area (Å²) >= 11 is 0. The van der Waals surface area contributed by atoms with Gasteiger partial charge >= 0.3 is 17.5 Å². The van der Waals surface area contributed by atoms with Gasteiger partial charge in [0.25, 0.3) is 0 Å². The van der Waals surface area contributed by atoms with Gasteiger partial charge < -0.3 is 28.1 Å². The molecule has 11 heteroatoms. The van der Waals surface area contributed by atoms with E-state index in [0.717, 1.165) is 5.56 Å². The monoisotopic (exact) mass is 444 g/mol. The number of benzene rings is 2. The number of amides is 1. The summed E-state index contributed by atoms with van der Waals surface area (Å²) in [4.78, 5) is 37.1. The first-order valence-corrected chi connectivity index (χ1v) is 9.64. The summed E-state index contributed by atoms with van der Waals surface area (Å²) < 4.78 is 31.6. The molecule has 11 nitrogen and oxygen atoms in total. The number of anilines is 1. The minimum Gasteiger partial charge on any atom is -0.493 e. The van der Waals surface area contributed by atoms with Crippen LogP contribution in [0.15, 0.2) is 38.3 Å². The third kappa shape index (κ3) is 4.31. The lowest BCUT2D eigenvalue weighted by Gasteiger charge is -2.20. The van der Waals surface area contributed by atoms with Gasteiger partial charge in [0.2, 0.25) is 0 Å². The van der Waals surface area contributed by atoms with Gasteiger partial charge in [-0.1, -0.05) is 0 Å². The molecule has 0 spiro atoms. The number of fused-ring (bicyclic) bond motifs is 2. The van der Waals surface area contributed by atoms with Gasteiger partial charge in [-0.05, 0) is 6.07 Å². The molecule has 0 saturated heterocycles. The first-order chi connectivity index (χ1) is 15.5. The SMILES string of the molecule is COc1cc2c(cc1OCCCOc1cc3[nH]c(=O)oc(=O)c3cc1OC)NC(=O)OC2. The van der Waals surface area contributed by atoms with E-state index in [0.29, 0.717) is 41.7 Å². The number of aromatic nitrogens is 1. The molecule has 3 aromatic rings. The second kappa shape index (κ2) is 8.92. The molecular formula is C21H20N2O9. The van der Waals surface area contributed by atoms with E-state index in [9.17, 15) is 14.4 Å². The molecule has 0 unspecified atom stereocenters. The summed E-state index contributed by atoms with van der Waals surface area (Å²) in [6, 6.07) is 6.38. The van der Waals surface area contributed by atoms with Crippen LogP contribution in [0.3, 0.4) is 0 Å². The third-order valence-corrected chi connectivity index (χ3v) is 4.73. The number of aromatic amines is 1. The van der Waals surface area contributed by atoms with Crippen molar-refractivity contribution in [2.45, 2.75) is 13.0 Å². The highest BCUT2D eigenvalue weighted by Gasteiger charge is 2.19. The summed E-state index contributed by atoms with van der Waals surface area (Å²) in [5.74, 6) is 0.820. The van der Waals surface area contributed by atoms with E-state index in [1.165, 1.54) is 26.4 Å². The minimum absolute atomic E-state index is 0.159. The zero-order valence-electron chi connectivity index (χ0n) is 17.3. The number of H-pyrrole nitrogens is 1. The number of cyclic esters (lactones) is 1. The molecule has 1 aliphatic rings. The molecule has 32 heavy (non-hydrogen) atoms. The molecule has 4 rings (SSSR count). The first-order valence-electron chi connectivity index (χ1n) is 9.64. The Labute approximate surface area is 180 Å². The lowest BCUT2D eigenvalue weighted by Crippen LogP contribution is -2.20. The molecule has 2 heterocycles. The summed E-state index contributed by atoms with van der Waals surface area (Å²) in [5.41, 5.74) is 0.909. The second-order valence-electron chi connectivity index (χ2n) is 6.76. The molecule has 0 saturated carbocycles. The molecule has 1 amide bonds. The van der Waals surface area contributed by atoms with Crippen molar-refractivity contribution < 1.29 is 32.9 Å². The molecule has 168 valence electrons. The van der Waals surface area contributed by atoms with Crippen LogP contribution >= 0.6 is 0 Å². The highest BCUT2D eigenvalue weighted by molar-refractivity contribution is 5.88. The fourth-order valence-corrected chi connectivity index (χ4v) is 3.20. The van der Waals surface area contributed by atoms with Gasteiger partial charge in [-0.15, -0.1) is 0 Å². The van der Waals surface area contributed by atoms with E-state index in [2.05, 4.69) is 14.7 Å². The molecule has 0 radical (unpaired) electrons. The zero-order chi connectivity index (χ0) is 22.7. The number of ether oxygens (including phenoxy) is 5. The van der Waals surface area contributed by atoms with Crippen LogP contribution in [0.25, 0.3) is 10.9 Å². The molecule has 2 aromatic carbocycles. The van der Waals surface area contributed by atoms with Crippen molar-refractivity contribution in [3.63, 3.8) is 0 Å². The van der Waals surface area contributed by atoms with Crippen molar-refractivity contribution in [2.24, 2.45) is 0 Å². The molecular weight excluding hydrogens is 424 g/mol. The predicted octanol–water partition coefficient (Wildman–Crippen LogP) is 2.41. The number of methoxy groups -OCH3 is 2. The molecule has 0 fully saturated rings. The average Bonchev–Trinajstić information content (AvgIpc) is 2.77. The minimum atomic E-state index is -0.853. The third-order valence-electron chi connectivity index (χ3n) is 4.73. The Balaban J connectivity index is 1.40. The fraction of sp³-hybridized carbons (Fsp3) is 0.286. The van der Waals surface area contributed by atoms with Crippen molar-refractivity contribution in [3.05, 3.63) is 50.8 Å². The highest BCUT2D eigenvalue weighted by Crippen LogP contribution is 2.36. The van der Waals surface area contributed by atoms with Gasteiger partial charge in [0.15, 0.2) is 23.0 Å². The van der Waals surface area contributed by atoms with E-state index < -0.39 is 17.5 Å².